The number of rotatable bonds is 5. The van der Waals surface area contributed by atoms with Crippen molar-refractivity contribution in [2.24, 2.45) is 5.10 Å². The van der Waals surface area contributed by atoms with Crippen LogP contribution in [0.1, 0.15) is 11.1 Å². The van der Waals surface area contributed by atoms with Gasteiger partial charge in [0.2, 0.25) is 5.91 Å². The molecule has 0 radical (unpaired) electrons. The van der Waals surface area contributed by atoms with Gasteiger partial charge in [-0.2, -0.15) is 5.10 Å². The molecule has 0 aliphatic carbocycles. The van der Waals surface area contributed by atoms with Crippen molar-refractivity contribution in [3.8, 4) is 5.69 Å². The summed E-state index contributed by atoms with van der Waals surface area (Å²) >= 11 is 0. The molecule has 6 heteroatoms. The van der Waals surface area contributed by atoms with Crippen LogP contribution in [0.5, 0.6) is 0 Å². The summed E-state index contributed by atoms with van der Waals surface area (Å²) in [4.78, 5) is 19.3. The van der Waals surface area contributed by atoms with Gasteiger partial charge in [-0.1, -0.05) is 30.3 Å². The molecule has 2 aromatic carbocycles. The van der Waals surface area contributed by atoms with E-state index in [0.717, 1.165) is 27.7 Å². The van der Waals surface area contributed by atoms with Crippen molar-refractivity contribution in [2.45, 2.75) is 6.42 Å². The summed E-state index contributed by atoms with van der Waals surface area (Å²) in [5.41, 5.74) is 6.48. The minimum Gasteiger partial charge on any atom is -0.361 e. The number of aromatic amines is 1. The number of aromatic nitrogens is 3. The minimum absolute atomic E-state index is 0.152. The molecular formula is C20H17N5O. The Morgan fingerprint density at radius 3 is 2.85 bits per heavy atom. The standard InChI is InChI=1S/C20H17N5O/c26-20(11-16-13-22-19-4-2-1-3-18(16)19)24-23-12-15-5-7-17(8-6-15)25-10-9-21-14-25/h1-10,12-14,22H,11H2,(H,24,26). The fraction of sp³-hybridized carbons (Fsp3) is 0.0500. The summed E-state index contributed by atoms with van der Waals surface area (Å²) in [6, 6.07) is 15.7. The first-order chi connectivity index (χ1) is 12.8. The second-order valence-corrected chi connectivity index (χ2v) is 5.89. The summed E-state index contributed by atoms with van der Waals surface area (Å²) in [5, 5.41) is 5.10. The largest absolute Gasteiger partial charge is 0.361 e. The molecule has 2 aromatic heterocycles. The van der Waals surface area contributed by atoms with E-state index < -0.39 is 0 Å². The number of hydrazone groups is 1. The molecule has 0 saturated heterocycles. The number of hydrogen-bond acceptors (Lipinski definition) is 3. The van der Waals surface area contributed by atoms with E-state index in [0.29, 0.717) is 0 Å². The molecule has 4 aromatic rings. The molecule has 128 valence electrons. The molecule has 0 atom stereocenters. The van der Waals surface area contributed by atoms with Gasteiger partial charge in [-0.15, -0.1) is 0 Å². The first kappa shape index (κ1) is 15.8. The molecule has 4 rings (SSSR count). The molecule has 1 amide bonds. The van der Waals surface area contributed by atoms with Crippen LogP contribution in [0.4, 0.5) is 0 Å². The summed E-state index contributed by atoms with van der Waals surface area (Å²) < 4.78 is 1.92. The third-order valence-corrected chi connectivity index (χ3v) is 4.12. The summed E-state index contributed by atoms with van der Waals surface area (Å²) in [5.74, 6) is -0.152. The van der Waals surface area contributed by atoms with Crippen LogP contribution in [0, 0.1) is 0 Å². The first-order valence-electron chi connectivity index (χ1n) is 8.25. The highest BCUT2D eigenvalue weighted by Crippen LogP contribution is 2.17. The maximum Gasteiger partial charge on any atom is 0.244 e. The van der Waals surface area contributed by atoms with E-state index in [1.54, 1.807) is 18.7 Å². The van der Waals surface area contributed by atoms with Gasteiger partial charge in [-0.3, -0.25) is 4.79 Å². The van der Waals surface area contributed by atoms with E-state index in [4.69, 9.17) is 0 Å². The monoisotopic (exact) mass is 343 g/mol. The normalized spacial score (nSPS) is 11.2. The van der Waals surface area contributed by atoms with Gasteiger partial charge in [-0.05, 0) is 29.3 Å². The van der Waals surface area contributed by atoms with Crippen LogP contribution < -0.4 is 5.43 Å². The molecule has 2 N–H and O–H groups in total. The van der Waals surface area contributed by atoms with E-state index in [1.807, 2.05) is 65.5 Å². The Morgan fingerprint density at radius 2 is 2.04 bits per heavy atom. The SMILES string of the molecule is O=C(Cc1c[nH]c2ccccc12)NN=Cc1ccc(-n2ccnc2)cc1. The number of nitrogens with zero attached hydrogens (tertiary/aromatic N) is 3. The van der Waals surface area contributed by atoms with Crippen molar-refractivity contribution in [2.75, 3.05) is 0 Å². The number of nitrogens with one attached hydrogen (secondary N) is 2. The van der Waals surface area contributed by atoms with Crippen molar-refractivity contribution in [1.82, 2.24) is 20.0 Å². The van der Waals surface area contributed by atoms with Crippen LogP contribution >= 0.6 is 0 Å². The van der Waals surface area contributed by atoms with Crippen molar-refractivity contribution < 1.29 is 4.79 Å². The Labute approximate surface area is 150 Å². The molecule has 6 nitrogen and oxygen atoms in total. The lowest BCUT2D eigenvalue weighted by Gasteiger charge is -2.02. The maximum absolute atomic E-state index is 12.1. The summed E-state index contributed by atoms with van der Waals surface area (Å²) in [6.45, 7) is 0. The highest BCUT2D eigenvalue weighted by molar-refractivity contribution is 5.89. The van der Waals surface area contributed by atoms with Gasteiger partial charge >= 0.3 is 0 Å². The van der Waals surface area contributed by atoms with Crippen molar-refractivity contribution in [1.29, 1.82) is 0 Å². The van der Waals surface area contributed by atoms with E-state index in [-0.39, 0.29) is 12.3 Å². The van der Waals surface area contributed by atoms with Crippen LogP contribution in [0.3, 0.4) is 0 Å². The van der Waals surface area contributed by atoms with Gasteiger partial charge in [0.15, 0.2) is 0 Å². The number of hydrogen-bond donors (Lipinski definition) is 2. The second kappa shape index (κ2) is 7.06. The third kappa shape index (κ3) is 3.39. The Balaban J connectivity index is 1.36. The number of para-hydroxylation sites is 1. The van der Waals surface area contributed by atoms with E-state index in [2.05, 4.69) is 20.5 Å². The molecule has 0 spiro atoms. The summed E-state index contributed by atoms with van der Waals surface area (Å²) in [6.07, 6.45) is 9.13. The Kier molecular flexibility index (Phi) is 4.30. The summed E-state index contributed by atoms with van der Waals surface area (Å²) in [7, 11) is 0. The van der Waals surface area contributed by atoms with Crippen molar-refractivity contribution in [3.05, 3.63) is 84.6 Å². The van der Waals surface area contributed by atoms with Gasteiger partial charge in [-0.25, -0.2) is 10.4 Å². The van der Waals surface area contributed by atoms with Crippen LogP contribution in [0.2, 0.25) is 0 Å². The van der Waals surface area contributed by atoms with Gasteiger partial charge < -0.3 is 9.55 Å². The second-order valence-electron chi connectivity index (χ2n) is 5.89. The maximum atomic E-state index is 12.1. The zero-order chi connectivity index (χ0) is 17.8. The highest BCUT2D eigenvalue weighted by atomic mass is 16.2. The molecule has 0 saturated carbocycles. The van der Waals surface area contributed by atoms with Crippen molar-refractivity contribution in [3.63, 3.8) is 0 Å². The molecule has 2 heterocycles. The average molecular weight is 343 g/mol. The fourth-order valence-electron chi connectivity index (χ4n) is 2.81. The van der Waals surface area contributed by atoms with Gasteiger partial charge in [0.1, 0.15) is 0 Å². The molecule has 0 bridgehead atoms. The van der Waals surface area contributed by atoms with E-state index in [1.165, 1.54) is 0 Å². The fourth-order valence-corrected chi connectivity index (χ4v) is 2.81. The number of amides is 1. The van der Waals surface area contributed by atoms with E-state index in [9.17, 15) is 4.79 Å². The molecule has 26 heavy (non-hydrogen) atoms. The van der Waals surface area contributed by atoms with Crippen LogP contribution in [-0.4, -0.2) is 26.7 Å². The van der Waals surface area contributed by atoms with Gasteiger partial charge in [0.25, 0.3) is 0 Å². The minimum atomic E-state index is -0.152. The van der Waals surface area contributed by atoms with Crippen LogP contribution in [0.25, 0.3) is 16.6 Å². The van der Waals surface area contributed by atoms with Gasteiger partial charge in [0, 0.05) is 35.2 Å². The van der Waals surface area contributed by atoms with Crippen molar-refractivity contribution >= 4 is 23.0 Å². The highest BCUT2D eigenvalue weighted by Gasteiger charge is 2.07. The van der Waals surface area contributed by atoms with E-state index >= 15 is 0 Å². The zero-order valence-corrected chi connectivity index (χ0v) is 14.0. The molecule has 0 aliphatic rings. The zero-order valence-electron chi connectivity index (χ0n) is 14.0. The number of fused-ring (bicyclic) bond motifs is 1. The van der Waals surface area contributed by atoms with Crippen LogP contribution in [0.15, 0.2) is 78.6 Å². The Bertz CT molecular complexity index is 1050. The predicted octanol–water partition coefficient (Wildman–Crippen LogP) is 3.05. The smallest absolute Gasteiger partial charge is 0.244 e. The quantitative estimate of drug-likeness (QED) is 0.432. The Morgan fingerprint density at radius 1 is 1.19 bits per heavy atom. The Hall–Kier alpha value is -3.67. The lowest BCUT2D eigenvalue weighted by atomic mass is 10.1. The van der Waals surface area contributed by atoms with Gasteiger partial charge in [0.05, 0.1) is 19.0 Å². The number of imidazole rings is 1. The third-order valence-electron chi connectivity index (χ3n) is 4.12. The molecule has 0 unspecified atom stereocenters. The molecule has 0 fully saturated rings. The number of carbonyl (C=O) groups excluding carboxylic acids is 1. The molecular weight excluding hydrogens is 326 g/mol. The lowest BCUT2D eigenvalue weighted by Crippen LogP contribution is -2.19. The number of H-pyrrole nitrogens is 1. The predicted molar refractivity (Wildman–Crippen MR) is 101 cm³/mol. The topological polar surface area (TPSA) is 75.1 Å². The average Bonchev–Trinajstić information content (AvgIpc) is 3.33. The number of carbonyl (C=O) groups is 1. The molecule has 0 aliphatic heterocycles. The van der Waals surface area contributed by atoms with Crippen LogP contribution in [-0.2, 0) is 11.2 Å². The lowest BCUT2D eigenvalue weighted by molar-refractivity contribution is -0.120. The first-order valence-corrected chi connectivity index (χ1v) is 8.25. The number of benzene rings is 2.